The van der Waals surface area contributed by atoms with Crippen molar-refractivity contribution in [3.8, 4) is 101 Å². The highest BCUT2D eigenvalue weighted by molar-refractivity contribution is 5.89. The first-order valence-electron chi connectivity index (χ1n) is 20.2. The molecule has 0 saturated carbocycles. The molecule has 2 aliphatic rings. The molecule has 0 unspecified atom stereocenters. The highest BCUT2D eigenvalue weighted by Gasteiger charge is 2.39. The molecular formula is C56H39NO2. The Kier molecular flexibility index (Phi) is 8.16. The van der Waals surface area contributed by atoms with E-state index in [1.807, 2.05) is 18.2 Å². The van der Waals surface area contributed by atoms with Gasteiger partial charge in [-0.3, -0.25) is 0 Å². The van der Waals surface area contributed by atoms with Crippen LogP contribution < -0.4 is 9.47 Å². The molecule has 280 valence electrons. The molecule has 0 N–H and O–H groups in total. The van der Waals surface area contributed by atoms with Crippen LogP contribution in [0.25, 0.3) is 78.1 Å². The summed E-state index contributed by atoms with van der Waals surface area (Å²) in [5.74, 6) is 2.95. The SMILES string of the molecule is CC1(C)c2ccccc2-c2c1ccc1c2Oc2c(cccc2-c2ccc(-c3cc(-c4ccc(-c5ccccc5)cc4)cc(-c4ccc(-c5ccccc5)cc4)n3)cc2)O1. The van der Waals surface area contributed by atoms with Gasteiger partial charge in [0.05, 0.1) is 11.4 Å². The standard InChI is InChI=1S/C56H39NO2/c1-56(2)47-18-10-9-16-46(47)53-48(56)32-33-52-55(53)59-54-45(17-11-19-51(54)58-52)41-26-30-43(31-27-41)50-35-44(40-22-20-38(21-23-40)36-12-5-3-6-13-36)34-49(57-50)42-28-24-39(25-29-42)37-14-7-4-8-15-37/h3-35H,1-2H3. The Morgan fingerprint density at radius 1 is 0.339 bits per heavy atom. The van der Waals surface area contributed by atoms with Crippen LogP contribution in [0.5, 0.6) is 23.0 Å². The van der Waals surface area contributed by atoms with Gasteiger partial charge in [0.2, 0.25) is 0 Å². The molecule has 11 rings (SSSR count). The second kappa shape index (κ2) is 13.9. The van der Waals surface area contributed by atoms with Crippen LogP contribution in [0, 0.1) is 0 Å². The van der Waals surface area contributed by atoms with Gasteiger partial charge in [-0.25, -0.2) is 4.98 Å². The zero-order chi connectivity index (χ0) is 39.5. The molecule has 0 radical (unpaired) electrons. The van der Waals surface area contributed by atoms with Crippen molar-refractivity contribution in [2.45, 2.75) is 19.3 Å². The third-order valence-electron chi connectivity index (χ3n) is 12.0. The normalized spacial score (nSPS) is 13.0. The highest BCUT2D eigenvalue weighted by atomic mass is 16.6. The molecule has 0 fully saturated rings. The molecule has 2 heterocycles. The third kappa shape index (κ3) is 6.02. The lowest BCUT2D eigenvalue weighted by molar-refractivity contribution is 0.361. The number of hydrogen-bond donors (Lipinski definition) is 0. The van der Waals surface area contributed by atoms with Gasteiger partial charge in [0.25, 0.3) is 0 Å². The Hall–Kier alpha value is -7.49. The van der Waals surface area contributed by atoms with Gasteiger partial charge in [0, 0.05) is 27.7 Å². The molecular weight excluding hydrogens is 719 g/mol. The van der Waals surface area contributed by atoms with Gasteiger partial charge in [-0.05, 0) is 79.9 Å². The quantitative estimate of drug-likeness (QED) is 0.169. The van der Waals surface area contributed by atoms with E-state index < -0.39 is 0 Å². The summed E-state index contributed by atoms with van der Waals surface area (Å²) >= 11 is 0. The molecule has 0 saturated heterocycles. The molecule has 1 aliphatic carbocycles. The maximum Gasteiger partial charge on any atom is 0.178 e. The Morgan fingerprint density at radius 2 is 0.814 bits per heavy atom. The van der Waals surface area contributed by atoms with E-state index in [1.54, 1.807) is 0 Å². The fourth-order valence-corrected chi connectivity index (χ4v) is 8.84. The monoisotopic (exact) mass is 757 g/mol. The van der Waals surface area contributed by atoms with Crippen molar-refractivity contribution in [2.75, 3.05) is 0 Å². The van der Waals surface area contributed by atoms with Crippen molar-refractivity contribution in [1.29, 1.82) is 0 Å². The average molecular weight is 758 g/mol. The minimum atomic E-state index is -0.137. The van der Waals surface area contributed by atoms with Crippen molar-refractivity contribution in [3.05, 3.63) is 211 Å². The van der Waals surface area contributed by atoms with Crippen molar-refractivity contribution < 1.29 is 9.47 Å². The van der Waals surface area contributed by atoms with Gasteiger partial charge < -0.3 is 9.47 Å². The van der Waals surface area contributed by atoms with Crippen LogP contribution in [-0.4, -0.2) is 4.98 Å². The maximum absolute atomic E-state index is 6.94. The zero-order valence-electron chi connectivity index (χ0n) is 32.8. The van der Waals surface area contributed by atoms with Gasteiger partial charge in [0.15, 0.2) is 23.0 Å². The van der Waals surface area contributed by atoms with E-state index in [9.17, 15) is 0 Å². The molecule has 1 aromatic heterocycles. The Labute approximate surface area is 344 Å². The number of fused-ring (bicyclic) bond motifs is 6. The average Bonchev–Trinajstić information content (AvgIpc) is 3.54. The fraction of sp³-hybridized carbons (Fsp3) is 0.0536. The highest BCUT2D eigenvalue weighted by Crippen LogP contribution is 2.59. The summed E-state index contributed by atoms with van der Waals surface area (Å²) in [6, 6.07) is 70.6. The lowest BCUT2D eigenvalue weighted by Crippen LogP contribution is -2.15. The van der Waals surface area contributed by atoms with E-state index in [2.05, 4.69) is 196 Å². The number of nitrogens with zero attached hydrogens (tertiary/aromatic N) is 1. The summed E-state index contributed by atoms with van der Waals surface area (Å²) in [6.07, 6.45) is 0. The second-order valence-corrected chi connectivity index (χ2v) is 15.9. The van der Waals surface area contributed by atoms with E-state index in [-0.39, 0.29) is 5.41 Å². The van der Waals surface area contributed by atoms with E-state index in [4.69, 9.17) is 14.5 Å². The smallest absolute Gasteiger partial charge is 0.178 e. The first kappa shape index (κ1) is 34.7. The first-order chi connectivity index (χ1) is 29.0. The molecule has 9 aromatic rings. The van der Waals surface area contributed by atoms with Crippen molar-refractivity contribution in [3.63, 3.8) is 0 Å². The summed E-state index contributed by atoms with van der Waals surface area (Å²) in [6.45, 7) is 4.57. The van der Waals surface area contributed by atoms with Crippen molar-refractivity contribution >= 4 is 0 Å². The van der Waals surface area contributed by atoms with E-state index >= 15 is 0 Å². The van der Waals surface area contributed by atoms with Gasteiger partial charge in [0.1, 0.15) is 0 Å². The fourth-order valence-electron chi connectivity index (χ4n) is 8.84. The molecule has 0 atom stereocenters. The number of benzene rings is 8. The minimum Gasteiger partial charge on any atom is -0.449 e. The van der Waals surface area contributed by atoms with Crippen molar-refractivity contribution in [2.24, 2.45) is 0 Å². The van der Waals surface area contributed by atoms with Crippen LogP contribution in [0.15, 0.2) is 200 Å². The summed E-state index contributed by atoms with van der Waals surface area (Å²) in [4.78, 5) is 5.28. The molecule has 3 nitrogen and oxygen atoms in total. The van der Waals surface area contributed by atoms with Crippen LogP contribution in [-0.2, 0) is 5.41 Å². The molecule has 0 bridgehead atoms. The predicted octanol–water partition coefficient (Wildman–Crippen LogP) is 15.3. The van der Waals surface area contributed by atoms with E-state index in [1.165, 1.54) is 38.9 Å². The second-order valence-electron chi connectivity index (χ2n) is 15.9. The number of pyridine rings is 1. The van der Waals surface area contributed by atoms with Crippen molar-refractivity contribution in [1.82, 2.24) is 4.98 Å². The summed E-state index contributed by atoms with van der Waals surface area (Å²) < 4.78 is 13.5. The topological polar surface area (TPSA) is 31.4 Å². The van der Waals surface area contributed by atoms with Crippen LogP contribution in [0.3, 0.4) is 0 Å². The molecule has 0 amide bonds. The summed E-state index contributed by atoms with van der Waals surface area (Å²) in [7, 11) is 0. The molecule has 0 spiro atoms. The lowest BCUT2D eigenvalue weighted by Gasteiger charge is -2.26. The number of aromatic nitrogens is 1. The van der Waals surface area contributed by atoms with Crippen LogP contribution >= 0.6 is 0 Å². The summed E-state index contributed by atoms with van der Waals surface area (Å²) in [5, 5.41) is 0. The maximum atomic E-state index is 6.94. The van der Waals surface area contributed by atoms with E-state index in [0.717, 1.165) is 67.6 Å². The third-order valence-corrected chi connectivity index (χ3v) is 12.0. The van der Waals surface area contributed by atoms with Gasteiger partial charge in [-0.2, -0.15) is 0 Å². The number of para-hydroxylation sites is 1. The molecule has 8 aromatic carbocycles. The first-order valence-corrected chi connectivity index (χ1v) is 20.2. The predicted molar refractivity (Wildman–Crippen MR) is 241 cm³/mol. The number of rotatable bonds is 6. The molecule has 59 heavy (non-hydrogen) atoms. The van der Waals surface area contributed by atoms with Gasteiger partial charge in [-0.1, -0.05) is 190 Å². The number of hydrogen-bond acceptors (Lipinski definition) is 3. The molecule has 1 aliphatic heterocycles. The minimum absolute atomic E-state index is 0.137. The number of ether oxygens (including phenoxy) is 2. The zero-order valence-corrected chi connectivity index (χ0v) is 32.8. The van der Waals surface area contributed by atoms with Gasteiger partial charge in [-0.15, -0.1) is 0 Å². The van der Waals surface area contributed by atoms with Crippen LogP contribution in [0.1, 0.15) is 25.0 Å². The van der Waals surface area contributed by atoms with Crippen LogP contribution in [0.2, 0.25) is 0 Å². The Balaban J connectivity index is 0.961. The summed E-state index contributed by atoms with van der Waals surface area (Å²) in [5.41, 5.74) is 17.7. The largest absolute Gasteiger partial charge is 0.449 e. The Bertz CT molecular complexity index is 2920. The Morgan fingerprint density at radius 3 is 1.42 bits per heavy atom. The molecule has 3 heteroatoms. The van der Waals surface area contributed by atoms with Crippen LogP contribution in [0.4, 0.5) is 0 Å². The van der Waals surface area contributed by atoms with Gasteiger partial charge >= 0.3 is 0 Å². The van der Waals surface area contributed by atoms with E-state index in [0.29, 0.717) is 5.75 Å². The lowest BCUT2D eigenvalue weighted by atomic mass is 9.82.